The summed E-state index contributed by atoms with van der Waals surface area (Å²) < 4.78 is 5.34. The first-order valence-electron chi connectivity index (χ1n) is 6.18. The lowest BCUT2D eigenvalue weighted by molar-refractivity contribution is -0.124. The van der Waals surface area contributed by atoms with E-state index in [-0.39, 0.29) is 23.6 Å². The van der Waals surface area contributed by atoms with E-state index in [9.17, 15) is 9.59 Å². The summed E-state index contributed by atoms with van der Waals surface area (Å²) in [5.41, 5.74) is 5.22. The van der Waals surface area contributed by atoms with Crippen molar-refractivity contribution < 1.29 is 14.3 Å². The molecule has 5 nitrogen and oxygen atoms in total. The van der Waals surface area contributed by atoms with Gasteiger partial charge in [0.05, 0.1) is 5.56 Å². The molecule has 0 aliphatic carbocycles. The van der Waals surface area contributed by atoms with Crippen LogP contribution in [-0.2, 0) is 4.79 Å². The summed E-state index contributed by atoms with van der Waals surface area (Å²) in [4.78, 5) is 22.9. The molecule has 0 aromatic heterocycles. The van der Waals surface area contributed by atoms with Crippen molar-refractivity contribution in [1.82, 2.24) is 5.32 Å². The molecule has 0 spiro atoms. The summed E-state index contributed by atoms with van der Waals surface area (Å²) in [7, 11) is 0. The first kappa shape index (κ1) is 15.0. The SMILES string of the molecule is CCC(C)(C)NC(=O)COc1ccccc1C(N)=O. The van der Waals surface area contributed by atoms with Gasteiger partial charge in [-0.25, -0.2) is 0 Å². The molecule has 1 aromatic carbocycles. The van der Waals surface area contributed by atoms with E-state index in [0.29, 0.717) is 5.75 Å². The molecule has 0 bridgehead atoms. The summed E-state index contributed by atoms with van der Waals surface area (Å²) in [6.45, 7) is 5.71. The fourth-order valence-corrected chi connectivity index (χ4v) is 1.44. The number of rotatable bonds is 6. The molecule has 0 aliphatic rings. The zero-order chi connectivity index (χ0) is 14.5. The second-order valence-corrected chi connectivity index (χ2v) is 4.93. The zero-order valence-electron chi connectivity index (χ0n) is 11.5. The number of ether oxygens (including phenoxy) is 1. The number of carbonyl (C=O) groups excluding carboxylic acids is 2. The Bertz CT molecular complexity index is 470. The van der Waals surface area contributed by atoms with Gasteiger partial charge in [0.2, 0.25) is 0 Å². The summed E-state index contributed by atoms with van der Waals surface area (Å²) >= 11 is 0. The van der Waals surface area contributed by atoms with Gasteiger partial charge in [-0.1, -0.05) is 19.1 Å². The molecule has 0 fully saturated rings. The van der Waals surface area contributed by atoms with Crippen molar-refractivity contribution in [2.45, 2.75) is 32.7 Å². The minimum Gasteiger partial charge on any atom is -0.483 e. The van der Waals surface area contributed by atoms with Crippen LogP contribution < -0.4 is 15.8 Å². The highest BCUT2D eigenvalue weighted by Crippen LogP contribution is 2.17. The Hall–Kier alpha value is -2.04. The molecule has 3 N–H and O–H groups in total. The topological polar surface area (TPSA) is 81.4 Å². The van der Waals surface area contributed by atoms with Gasteiger partial charge >= 0.3 is 0 Å². The minimum absolute atomic E-state index is 0.145. The lowest BCUT2D eigenvalue weighted by atomic mass is 10.0. The molecule has 2 amide bonds. The molecule has 1 rings (SSSR count). The van der Waals surface area contributed by atoms with Gasteiger partial charge in [-0.3, -0.25) is 9.59 Å². The van der Waals surface area contributed by atoms with Crippen molar-refractivity contribution >= 4 is 11.8 Å². The Balaban J connectivity index is 2.63. The van der Waals surface area contributed by atoms with Crippen molar-refractivity contribution in [2.75, 3.05) is 6.61 Å². The fraction of sp³-hybridized carbons (Fsp3) is 0.429. The molecule has 19 heavy (non-hydrogen) atoms. The molecule has 0 saturated heterocycles. The lowest BCUT2D eigenvalue weighted by Crippen LogP contribution is -2.45. The van der Waals surface area contributed by atoms with Crippen molar-refractivity contribution in [3.63, 3.8) is 0 Å². The molecule has 5 heteroatoms. The number of amides is 2. The maximum absolute atomic E-state index is 11.7. The van der Waals surface area contributed by atoms with Crippen LogP contribution in [0.5, 0.6) is 5.75 Å². The molecule has 0 atom stereocenters. The van der Waals surface area contributed by atoms with Gasteiger partial charge < -0.3 is 15.8 Å². The number of nitrogens with two attached hydrogens (primary N) is 1. The van der Waals surface area contributed by atoms with E-state index in [0.717, 1.165) is 6.42 Å². The van der Waals surface area contributed by atoms with E-state index in [1.165, 1.54) is 0 Å². The van der Waals surface area contributed by atoms with Crippen LogP contribution >= 0.6 is 0 Å². The van der Waals surface area contributed by atoms with Crippen molar-refractivity contribution in [3.05, 3.63) is 29.8 Å². The number of hydrogen-bond acceptors (Lipinski definition) is 3. The summed E-state index contributed by atoms with van der Waals surface area (Å²) in [5, 5.41) is 2.84. The van der Waals surface area contributed by atoms with Crippen LogP contribution in [-0.4, -0.2) is 24.0 Å². The first-order valence-corrected chi connectivity index (χ1v) is 6.18. The number of para-hydroxylation sites is 1. The number of carbonyl (C=O) groups is 2. The Kier molecular flexibility index (Phi) is 4.92. The second kappa shape index (κ2) is 6.22. The number of primary amides is 1. The van der Waals surface area contributed by atoms with Gasteiger partial charge in [-0.2, -0.15) is 0 Å². The van der Waals surface area contributed by atoms with E-state index in [1.54, 1.807) is 24.3 Å². The zero-order valence-corrected chi connectivity index (χ0v) is 11.5. The molecule has 1 aromatic rings. The third-order valence-corrected chi connectivity index (χ3v) is 2.87. The molecule has 0 saturated carbocycles. The van der Waals surface area contributed by atoms with Crippen molar-refractivity contribution in [1.29, 1.82) is 0 Å². The monoisotopic (exact) mass is 264 g/mol. The normalized spacial score (nSPS) is 10.9. The summed E-state index contributed by atoms with van der Waals surface area (Å²) in [6.07, 6.45) is 0.816. The Morgan fingerprint density at radius 2 is 1.95 bits per heavy atom. The van der Waals surface area contributed by atoms with Gasteiger partial charge in [-0.05, 0) is 32.4 Å². The first-order chi connectivity index (χ1) is 8.85. The molecule has 0 unspecified atom stereocenters. The molecule has 104 valence electrons. The maximum Gasteiger partial charge on any atom is 0.258 e. The molecule has 0 aliphatic heterocycles. The summed E-state index contributed by atoms with van der Waals surface area (Å²) in [6, 6.07) is 6.58. The van der Waals surface area contributed by atoms with E-state index in [2.05, 4.69) is 5.32 Å². The van der Waals surface area contributed by atoms with Crippen LogP contribution in [0.1, 0.15) is 37.6 Å². The average molecular weight is 264 g/mol. The third-order valence-electron chi connectivity index (χ3n) is 2.87. The third kappa shape index (κ3) is 4.62. The summed E-state index contributed by atoms with van der Waals surface area (Å²) in [5.74, 6) is -0.490. The lowest BCUT2D eigenvalue weighted by Gasteiger charge is -2.24. The second-order valence-electron chi connectivity index (χ2n) is 4.93. The van der Waals surface area contributed by atoms with Crippen LogP contribution in [0.25, 0.3) is 0 Å². The van der Waals surface area contributed by atoms with E-state index in [1.807, 2.05) is 20.8 Å². The predicted molar refractivity (Wildman–Crippen MR) is 73.0 cm³/mol. The smallest absolute Gasteiger partial charge is 0.258 e. The molecule has 0 radical (unpaired) electrons. The highest BCUT2D eigenvalue weighted by molar-refractivity contribution is 5.95. The Labute approximate surface area is 113 Å². The number of benzene rings is 1. The number of nitrogens with one attached hydrogen (secondary N) is 1. The standard InChI is InChI=1S/C14H20N2O3/c1-4-14(2,3)16-12(17)9-19-11-8-6-5-7-10(11)13(15)18/h5-8H,4,9H2,1-3H3,(H2,15,18)(H,16,17). The van der Waals surface area contributed by atoms with Crippen molar-refractivity contribution in [3.8, 4) is 5.75 Å². The predicted octanol–water partition coefficient (Wildman–Crippen LogP) is 1.47. The molecule has 0 heterocycles. The van der Waals surface area contributed by atoms with Crippen LogP contribution in [0.4, 0.5) is 0 Å². The Morgan fingerprint density at radius 1 is 1.32 bits per heavy atom. The van der Waals surface area contributed by atoms with Gasteiger partial charge in [0.15, 0.2) is 6.61 Å². The quantitative estimate of drug-likeness (QED) is 0.816. The van der Waals surface area contributed by atoms with Gasteiger partial charge in [0.25, 0.3) is 11.8 Å². The Morgan fingerprint density at radius 3 is 2.53 bits per heavy atom. The van der Waals surface area contributed by atoms with Crippen LogP contribution in [0.3, 0.4) is 0 Å². The largest absolute Gasteiger partial charge is 0.483 e. The van der Waals surface area contributed by atoms with Gasteiger partial charge in [0, 0.05) is 5.54 Å². The fourth-order valence-electron chi connectivity index (χ4n) is 1.44. The van der Waals surface area contributed by atoms with Crippen LogP contribution in [0, 0.1) is 0 Å². The molecular weight excluding hydrogens is 244 g/mol. The average Bonchev–Trinajstić information content (AvgIpc) is 2.36. The van der Waals surface area contributed by atoms with Crippen LogP contribution in [0.15, 0.2) is 24.3 Å². The highest BCUT2D eigenvalue weighted by Gasteiger charge is 2.18. The van der Waals surface area contributed by atoms with E-state index >= 15 is 0 Å². The van der Waals surface area contributed by atoms with Crippen LogP contribution in [0.2, 0.25) is 0 Å². The van der Waals surface area contributed by atoms with Gasteiger partial charge in [-0.15, -0.1) is 0 Å². The maximum atomic E-state index is 11.7. The minimum atomic E-state index is -0.579. The van der Waals surface area contributed by atoms with Crippen molar-refractivity contribution in [2.24, 2.45) is 5.73 Å². The van der Waals surface area contributed by atoms with E-state index < -0.39 is 5.91 Å². The number of hydrogen-bond donors (Lipinski definition) is 2. The highest BCUT2D eigenvalue weighted by atomic mass is 16.5. The van der Waals surface area contributed by atoms with E-state index in [4.69, 9.17) is 10.5 Å². The van der Waals surface area contributed by atoms with Gasteiger partial charge in [0.1, 0.15) is 5.75 Å². The molecular formula is C14H20N2O3.